The Kier molecular flexibility index (Phi) is 5.90. The van der Waals surface area contributed by atoms with E-state index >= 15 is 0 Å². The third-order valence-corrected chi connectivity index (χ3v) is 4.76. The summed E-state index contributed by atoms with van der Waals surface area (Å²) < 4.78 is 0. The van der Waals surface area contributed by atoms with E-state index < -0.39 is 0 Å². The lowest BCUT2D eigenvalue weighted by atomic mass is 10.1. The van der Waals surface area contributed by atoms with Gasteiger partial charge in [-0.1, -0.05) is 0 Å². The van der Waals surface area contributed by atoms with E-state index in [1.165, 1.54) is 12.3 Å². The van der Waals surface area contributed by atoms with Crippen LogP contribution in [0, 0.1) is 6.92 Å². The quantitative estimate of drug-likeness (QED) is 0.445. The Balaban J connectivity index is 1.48. The summed E-state index contributed by atoms with van der Waals surface area (Å²) in [5.74, 6) is 2.10. The molecule has 3 rings (SSSR count). The zero-order chi connectivity index (χ0) is 18.4. The van der Waals surface area contributed by atoms with Gasteiger partial charge in [-0.25, -0.2) is 15.0 Å². The van der Waals surface area contributed by atoms with Crippen LogP contribution in [0.4, 0.5) is 5.95 Å². The molecule has 9 heteroatoms. The highest BCUT2D eigenvalue weighted by Gasteiger charge is 2.05. The van der Waals surface area contributed by atoms with E-state index in [2.05, 4.69) is 30.2 Å². The topological polar surface area (TPSA) is 120 Å². The van der Waals surface area contributed by atoms with E-state index in [0.29, 0.717) is 24.5 Å². The first-order chi connectivity index (χ1) is 12.6. The molecule has 136 valence electrons. The Morgan fingerprint density at radius 1 is 1.31 bits per heavy atom. The van der Waals surface area contributed by atoms with Crippen molar-refractivity contribution in [2.24, 2.45) is 0 Å². The summed E-state index contributed by atoms with van der Waals surface area (Å²) >= 11 is 1.76. The predicted molar refractivity (Wildman–Crippen MR) is 102 cm³/mol. The number of aromatic nitrogens is 5. The van der Waals surface area contributed by atoms with Crippen LogP contribution in [0.25, 0.3) is 0 Å². The average molecular weight is 372 g/mol. The minimum Gasteiger partial charge on any atom is -0.493 e. The molecule has 3 aromatic heterocycles. The third-order valence-electron chi connectivity index (χ3n) is 3.79. The highest BCUT2D eigenvalue weighted by atomic mass is 32.2. The van der Waals surface area contributed by atoms with Gasteiger partial charge in [0, 0.05) is 54.2 Å². The van der Waals surface area contributed by atoms with Crippen molar-refractivity contribution in [3.8, 4) is 5.88 Å². The summed E-state index contributed by atoms with van der Waals surface area (Å²) in [5.41, 5.74) is 3.29. The highest BCUT2D eigenvalue weighted by Crippen LogP contribution is 2.13. The van der Waals surface area contributed by atoms with Gasteiger partial charge in [-0.3, -0.25) is 9.78 Å². The lowest BCUT2D eigenvalue weighted by Gasteiger charge is -2.06. The van der Waals surface area contributed by atoms with Gasteiger partial charge in [0.05, 0.1) is 12.0 Å². The Labute approximate surface area is 154 Å². The molecule has 0 aliphatic rings. The van der Waals surface area contributed by atoms with Crippen LogP contribution in [0.5, 0.6) is 5.88 Å². The maximum Gasteiger partial charge on any atom is 0.255 e. The second-order valence-electron chi connectivity index (χ2n) is 5.74. The zero-order valence-corrected chi connectivity index (χ0v) is 15.1. The van der Waals surface area contributed by atoms with Crippen molar-refractivity contribution >= 4 is 17.7 Å². The zero-order valence-electron chi connectivity index (χ0n) is 14.3. The first kappa shape index (κ1) is 18.0. The molecule has 26 heavy (non-hydrogen) atoms. The number of rotatable bonds is 8. The molecule has 0 aliphatic heterocycles. The summed E-state index contributed by atoms with van der Waals surface area (Å²) in [6, 6.07) is 3.29. The second kappa shape index (κ2) is 8.52. The van der Waals surface area contributed by atoms with Crippen LogP contribution >= 0.6 is 11.8 Å². The van der Waals surface area contributed by atoms with Crippen molar-refractivity contribution in [2.45, 2.75) is 19.1 Å². The summed E-state index contributed by atoms with van der Waals surface area (Å²) in [6.07, 6.45) is 5.15. The number of aromatic hydroxyl groups is 1. The Hall–Kier alpha value is -2.81. The molecule has 0 spiro atoms. The fourth-order valence-corrected chi connectivity index (χ4v) is 3.25. The summed E-state index contributed by atoms with van der Waals surface area (Å²) in [5, 5.41) is 12.5. The van der Waals surface area contributed by atoms with Crippen molar-refractivity contribution in [3.63, 3.8) is 0 Å². The van der Waals surface area contributed by atoms with Crippen LogP contribution in [0.2, 0.25) is 0 Å². The van der Waals surface area contributed by atoms with Gasteiger partial charge >= 0.3 is 0 Å². The van der Waals surface area contributed by atoms with Crippen molar-refractivity contribution in [1.29, 1.82) is 0 Å². The molecule has 0 unspecified atom stereocenters. The second-order valence-corrected chi connectivity index (χ2v) is 6.84. The predicted octanol–water partition coefficient (Wildman–Crippen LogP) is 1.84. The number of nitrogens with zero attached hydrogens (tertiary/aromatic N) is 3. The van der Waals surface area contributed by atoms with Crippen LogP contribution in [-0.2, 0) is 12.2 Å². The Bertz CT molecular complexity index is 923. The van der Waals surface area contributed by atoms with Gasteiger partial charge in [0.25, 0.3) is 5.56 Å². The largest absolute Gasteiger partial charge is 0.493 e. The van der Waals surface area contributed by atoms with Gasteiger partial charge < -0.3 is 15.4 Å². The molecule has 0 fully saturated rings. The van der Waals surface area contributed by atoms with Crippen LogP contribution in [0.15, 0.2) is 35.6 Å². The van der Waals surface area contributed by atoms with Crippen molar-refractivity contribution in [1.82, 2.24) is 24.9 Å². The van der Waals surface area contributed by atoms with Gasteiger partial charge in [-0.2, -0.15) is 11.8 Å². The molecule has 3 heterocycles. The maximum atomic E-state index is 12.2. The molecule has 0 radical (unpaired) electrons. The lowest BCUT2D eigenvalue weighted by molar-refractivity contribution is 0.453. The molecule has 0 bridgehead atoms. The number of nitrogens with one attached hydrogen (secondary N) is 3. The van der Waals surface area contributed by atoms with Crippen LogP contribution in [0.1, 0.15) is 22.5 Å². The number of aromatic amines is 2. The molecule has 0 amide bonds. The molecule has 8 nitrogen and oxygen atoms in total. The third kappa shape index (κ3) is 4.85. The normalized spacial score (nSPS) is 10.8. The van der Waals surface area contributed by atoms with Crippen LogP contribution in [0.3, 0.4) is 0 Å². The van der Waals surface area contributed by atoms with E-state index in [1.54, 1.807) is 30.4 Å². The lowest BCUT2D eigenvalue weighted by Crippen LogP contribution is -2.18. The average Bonchev–Trinajstić information content (AvgIpc) is 3.02. The molecule has 0 atom stereocenters. The number of hydrogen-bond donors (Lipinski definition) is 4. The number of hydrogen-bond acceptors (Lipinski definition) is 7. The van der Waals surface area contributed by atoms with Gasteiger partial charge in [-0.05, 0) is 18.6 Å². The van der Waals surface area contributed by atoms with E-state index in [-0.39, 0.29) is 11.4 Å². The fraction of sp³-hybridized carbons (Fsp3) is 0.294. The maximum absolute atomic E-state index is 12.2. The van der Waals surface area contributed by atoms with Gasteiger partial charge in [0.1, 0.15) is 0 Å². The van der Waals surface area contributed by atoms with Gasteiger partial charge in [-0.15, -0.1) is 0 Å². The highest BCUT2D eigenvalue weighted by molar-refractivity contribution is 7.98. The Morgan fingerprint density at radius 2 is 2.19 bits per heavy atom. The minimum absolute atomic E-state index is 0.0623. The number of anilines is 1. The Morgan fingerprint density at radius 3 is 2.92 bits per heavy atom. The van der Waals surface area contributed by atoms with Crippen molar-refractivity contribution in [2.75, 3.05) is 17.6 Å². The van der Waals surface area contributed by atoms with E-state index in [9.17, 15) is 9.90 Å². The van der Waals surface area contributed by atoms with Crippen LogP contribution in [-0.4, -0.2) is 42.3 Å². The number of H-pyrrole nitrogens is 2. The first-order valence-electron chi connectivity index (χ1n) is 8.14. The van der Waals surface area contributed by atoms with E-state index in [1.807, 2.05) is 6.92 Å². The number of aryl methyl sites for hydroxylation is 1. The van der Waals surface area contributed by atoms with E-state index in [4.69, 9.17) is 0 Å². The molecule has 0 aliphatic carbocycles. The molecule has 0 saturated carbocycles. The van der Waals surface area contributed by atoms with Crippen molar-refractivity contribution < 1.29 is 5.11 Å². The molecule has 0 saturated heterocycles. The molecule has 0 aromatic carbocycles. The monoisotopic (exact) mass is 372 g/mol. The van der Waals surface area contributed by atoms with Crippen LogP contribution < -0.4 is 10.9 Å². The van der Waals surface area contributed by atoms with Gasteiger partial charge in [0.2, 0.25) is 11.8 Å². The molecule has 4 N–H and O–H groups in total. The first-order valence-corrected chi connectivity index (χ1v) is 9.30. The number of imidazole rings is 1. The molecular formula is C17H20N6O2S. The fourth-order valence-electron chi connectivity index (χ4n) is 2.37. The standard InChI is InChI=1S/C17H20N6O2S/c1-11-14(22-10-21-11)9-26-5-4-19-17-20-8-13(16(25)23-17)6-12-2-3-18-15(24)7-12/h2-3,7-8,10H,4-6,9H2,1H3,(H,18,24)(H,21,22)(H2,19,20,23,25). The summed E-state index contributed by atoms with van der Waals surface area (Å²) in [6.45, 7) is 2.69. The minimum atomic E-state index is -0.196. The number of thioether (sulfide) groups is 1. The van der Waals surface area contributed by atoms with Gasteiger partial charge in [0.15, 0.2) is 0 Å². The summed E-state index contributed by atoms with van der Waals surface area (Å²) in [7, 11) is 0. The van der Waals surface area contributed by atoms with E-state index in [0.717, 1.165) is 28.5 Å². The SMILES string of the molecule is Cc1[nH]cnc1CSCCNc1ncc(Cc2ccnc(O)c2)c(=O)[nH]1. The smallest absolute Gasteiger partial charge is 0.255 e. The summed E-state index contributed by atoms with van der Waals surface area (Å²) in [4.78, 5) is 30.2. The molecule has 3 aromatic rings. The van der Waals surface area contributed by atoms with Crippen molar-refractivity contribution in [3.05, 3.63) is 63.7 Å². The number of pyridine rings is 1. The molecular weight excluding hydrogens is 352 g/mol.